The van der Waals surface area contributed by atoms with E-state index in [9.17, 15) is 26.4 Å². The molecule has 0 saturated carbocycles. The van der Waals surface area contributed by atoms with Gasteiger partial charge in [-0.25, -0.2) is 4.39 Å². The Morgan fingerprint density at radius 3 is 2.00 bits per heavy atom. The van der Waals surface area contributed by atoms with E-state index in [4.69, 9.17) is 9.29 Å². The van der Waals surface area contributed by atoms with Gasteiger partial charge in [0.15, 0.2) is 6.17 Å². The monoisotopic (exact) mass is 390 g/mol. The van der Waals surface area contributed by atoms with E-state index in [2.05, 4.69) is 0 Å². The van der Waals surface area contributed by atoms with Gasteiger partial charge in [0.1, 0.15) is 0 Å². The van der Waals surface area contributed by atoms with Crippen molar-refractivity contribution in [1.29, 1.82) is 0 Å². The van der Waals surface area contributed by atoms with Crippen LogP contribution in [-0.4, -0.2) is 37.0 Å². The number of carbonyl (C=O) groups is 1. The lowest BCUT2D eigenvalue weighted by Crippen LogP contribution is -2.39. The van der Waals surface area contributed by atoms with Gasteiger partial charge >= 0.3 is 21.3 Å². The molecule has 25 heavy (non-hydrogen) atoms. The Morgan fingerprint density at radius 1 is 1.16 bits per heavy atom. The van der Waals surface area contributed by atoms with Crippen molar-refractivity contribution in [3.63, 3.8) is 0 Å². The Balaban J connectivity index is 4.90. The average molecular weight is 390 g/mol. The summed E-state index contributed by atoms with van der Waals surface area (Å²) in [5.74, 6) is -1.17. The third-order valence-corrected chi connectivity index (χ3v) is 5.31. The lowest BCUT2D eigenvalue weighted by Gasteiger charge is -2.35. The van der Waals surface area contributed by atoms with Crippen LogP contribution < -0.4 is 0 Å². The summed E-state index contributed by atoms with van der Waals surface area (Å²) >= 11 is 0. The van der Waals surface area contributed by atoms with Crippen LogP contribution in [0.25, 0.3) is 0 Å². The summed E-state index contributed by atoms with van der Waals surface area (Å²) in [6.45, 7) is 10.8. The van der Waals surface area contributed by atoms with Crippen molar-refractivity contribution >= 4 is 16.1 Å². The van der Waals surface area contributed by atoms with E-state index < -0.39 is 51.9 Å². The Labute approximate surface area is 148 Å². The molecule has 0 fully saturated rings. The lowest BCUT2D eigenvalue weighted by molar-refractivity contribution is -0.155. The smallest absolute Gasteiger partial charge is 0.400 e. The highest BCUT2D eigenvalue weighted by atomic mass is 32.2. The molecule has 0 amide bonds. The molecular formula is C16H29F3O5S. The first-order chi connectivity index (χ1) is 11.0. The van der Waals surface area contributed by atoms with Crippen LogP contribution in [0.1, 0.15) is 60.8 Å². The van der Waals surface area contributed by atoms with Crippen LogP contribution in [-0.2, 0) is 19.6 Å². The molecule has 1 N–H and O–H groups in total. The number of halogens is 3. The lowest BCUT2D eigenvalue weighted by atomic mass is 9.70. The minimum atomic E-state index is -5.87. The number of hydrogen-bond acceptors (Lipinski definition) is 4. The number of esters is 1. The molecule has 0 aliphatic rings. The number of hydrogen-bond donors (Lipinski definition) is 1. The molecule has 0 heterocycles. The van der Waals surface area contributed by atoms with Gasteiger partial charge < -0.3 is 4.74 Å². The fraction of sp³-hybridized carbons (Fsp3) is 0.938. The average Bonchev–Trinajstić information content (AvgIpc) is 2.42. The number of ether oxygens (including phenoxy) is 1. The summed E-state index contributed by atoms with van der Waals surface area (Å²) < 4.78 is 73.8. The van der Waals surface area contributed by atoms with E-state index in [1.165, 1.54) is 0 Å². The fourth-order valence-electron chi connectivity index (χ4n) is 2.13. The minimum absolute atomic E-state index is 0.141. The molecule has 5 nitrogen and oxygen atoms in total. The first kappa shape index (κ1) is 24.2. The quantitative estimate of drug-likeness (QED) is 0.471. The summed E-state index contributed by atoms with van der Waals surface area (Å²) in [5.41, 5.74) is -0.589. The third kappa shape index (κ3) is 7.13. The van der Waals surface area contributed by atoms with Gasteiger partial charge in [0.2, 0.25) is 0 Å². The van der Waals surface area contributed by atoms with Crippen LogP contribution in [0, 0.1) is 16.7 Å². The van der Waals surface area contributed by atoms with E-state index in [1.807, 2.05) is 41.5 Å². The van der Waals surface area contributed by atoms with Crippen molar-refractivity contribution in [2.24, 2.45) is 16.7 Å². The molecule has 2 unspecified atom stereocenters. The van der Waals surface area contributed by atoms with Crippen LogP contribution in [0.4, 0.5) is 13.2 Å². The van der Waals surface area contributed by atoms with Gasteiger partial charge in [-0.3, -0.25) is 9.35 Å². The number of alkyl halides is 3. The van der Waals surface area contributed by atoms with Gasteiger partial charge in [0.25, 0.3) is 0 Å². The van der Waals surface area contributed by atoms with Crippen LogP contribution >= 0.6 is 0 Å². The van der Waals surface area contributed by atoms with Crippen LogP contribution in [0.2, 0.25) is 0 Å². The second-order valence-corrected chi connectivity index (χ2v) is 9.60. The molecule has 0 saturated heterocycles. The van der Waals surface area contributed by atoms with Crippen molar-refractivity contribution in [2.45, 2.75) is 72.2 Å². The molecule has 0 radical (unpaired) electrons. The zero-order chi connectivity index (χ0) is 20.3. The van der Waals surface area contributed by atoms with Gasteiger partial charge in [-0.1, -0.05) is 48.0 Å². The molecule has 0 aliphatic heterocycles. The first-order valence-corrected chi connectivity index (χ1v) is 9.55. The summed E-state index contributed by atoms with van der Waals surface area (Å²) in [7, 11) is -5.87. The summed E-state index contributed by atoms with van der Waals surface area (Å²) in [4.78, 5) is 12.3. The highest BCUT2D eigenvalue weighted by Gasteiger charge is 2.52. The molecule has 0 rings (SSSR count). The standard InChI is InChI=1S/C16H29F3O5S/c1-7-15(5,6)10-11(14(2,3)4)13(20)24-9-8-12(17)16(18,19)25(21,22)23/h11-12H,7-10H2,1-6H3,(H,21,22,23). The second kappa shape index (κ2) is 8.24. The number of rotatable bonds is 9. The van der Waals surface area contributed by atoms with E-state index in [0.717, 1.165) is 6.42 Å². The van der Waals surface area contributed by atoms with E-state index >= 15 is 0 Å². The first-order valence-electron chi connectivity index (χ1n) is 8.11. The Bertz CT molecular complexity index is 553. The SMILES string of the molecule is CCC(C)(C)CC(C(=O)OCCC(F)C(F)(F)S(=O)(=O)O)C(C)(C)C. The predicted molar refractivity (Wildman–Crippen MR) is 88.6 cm³/mol. The van der Waals surface area contributed by atoms with Gasteiger partial charge in [-0.2, -0.15) is 17.2 Å². The minimum Gasteiger partial charge on any atom is -0.465 e. The van der Waals surface area contributed by atoms with Crippen molar-refractivity contribution in [3.05, 3.63) is 0 Å². The topological polar surface area (TPSA) is 80.7 Å². The highest BCUT2D eigenvalue weighted by Crippen LogP contribution is 2.38. The van der Waals surface area contributed by atoms with Gasteiger partial charge in [-0.15, -0.1) is 0 Å². The van der Waals surface area contributed by atoms with E-state index in [0.29, 0.717) is 6.42 Å². The maximum absolute atomic E-state index is 13.4. The molecular weight excluding hydrogens is 361 g/mol. The predicted octanol–water partition coefficient (Wildman–Crippen LogP) is 4.23. The molecule has 0 spiro atoms. The van der Waals surface area contributed by atoms with Crippen molar-refractivity contribution in [2.75, 3.05) is 6.61 Å². The summed E-state index contributed by atoms with van der Waals surface area (Å²) in [6, 6.07) is 0. The largest absolute Gasteiger partial charge is 0.465 e. The van der Waals surface area contributed by atoms with Crippen molar-refractivity contribution in [3.8, 4) is 0 Å². The Morgan fingerprint density at radius 2 is 1.64 bits per heavy atom. The summed E-state index contributed by atoms with van der Waals surface area (Å²) in [6.07, 6.45) is -2.88. The third-order valence-electron chi connectivity index (χ3n) is 4.37. The van der Waals surface area contributed by atoms with Crippen LogP contribution in [0.15, 0.2) is 0 Å². The maximum Gasteiger partial charge on any atom is 0.400 e. The fourth-order valence-corrected chi connectivity index (χ4v) is 2.57. The number of carbonyl (C=O) groups excluding carboxylic acids is 1. The zero-order valence-corrected chi connectivity index (χ0v) is 16.4. The van der Waals surface area contributed by atoms with Gasteiger partial charge in [0, 0.05) is 6.42 Å². The molecule has 9 heteroatoms. The molecule has 2 atom stereocenters. The van der Waals surface area contributed by atoms with Crippen molar-refractivity contribution < 1.29 is 35.7 Å². The van der Waals surface area contributed by atoms with E-state index in [1.54, 1.807) is 0 Å². The Hall–Kier alpha value is -0.830. The molecule has 0 aromatic rings. The maximum atomic E-state index is 13.4. The molecule has 0 aromatic carbocycles. The molecule has 0 aromatic heterocycles. The molecule has 0 aliphatic carbocycles. The van der Waals surface area contributed by atoms with Crippen molar-refractivity contribution in [1.82, 2.24) is 0 Å². The van der Waals surface area contributed by atoms with Gasteiger partial charge in [-0.05, 0) is 17.3 Å². The van der Waals surface area contributed by atoms with Crippen LogP contribution in [0.5, 0.6) is 0 Å². The molecule has 0 bridgehead atoms. The molecule has 150 valence electrons. The normalized spacial score (nSPS) is 16.4. The zero-order valence-electron chi connectivity index (χ0n) is 15.6. The van der Waals surface area contributed by atoms with E-state index in [-0.39, 0.29) is 5.41 Å². The van der Waals surface area contributed by atoms with Gasteiger partial charge in [0.05, 0.1) is 12.5 Å². The second-order valence-electron chi connectivity index (χ2n) is 8.10. The summed E-state index contributed by atoms with van der Waals surface area (Å²) in [5, 5.41) is -4.94. The highest BCUT2D eigenvalue weighted by molar-refractivity contribution is 7.86. The van der Waals surface area contributed by atoms with Crippen LogP contribution in [0.3, 0.4) is 0 Å². The Kier molecular flexibility index (Phi) is 7.97.